The van der Waals surface area contributed by atoms with Gasteiger partial charge in [-0.25, -0.2) is 0 Å². The van der Waals surface area contributed by atoms with E-state index in [0.29, 0.717) is 11.4 Å². The molecule has 0 atom stereocenters. The summed E-state index contributed by atoms with van der Waals surface area (Å²) in [6.07, 6.45) is 0.167. The number of nitrogens with zero attached hydrogens (tertiary/aromatic N) is 1. The van der Waals surface area contributed by atoms with Gasteiger partial charge in [0.15, 0.2) is 0 Å². The summed E-state index contributed by atoms with van der Waals surface area (Å²) in [5.41, 5.74) is 1.50. The van der Waals surface area contributed by atoms with E-state index in [2.05, 4.69) is 0 Å². The number of carbonyl (C=O) groups excluding carboxylic acids is 2. The van der Waals surface area contributed by atoms with Gasteiger partial charge in [-0.2, -0.15) is 0 Å². The second-order valence-corrected chi connectivity index (χ2v) is 6.36. The molecule has 148 valence electrons. The molecule has 5 heteroatoms. The third-order valence-corrected chi connectivity index (χ3v) is 4.22. The molecule has 5 nitrogen and oxygen atoms in total. The van der Waals surface area contributed by atoms with Crippen LogP contribution in [0.25, 0.3) is 0 Å². The highest BCUT2D eigenvalue weighted by Gasteiger charge is 2.20. The zero-order valence-corrected chi connectivity index (χ0v) is 16.3. The molecule has 0 aliphatic heterocycles. The Kier molecular flexibility index (Phi) is 7.00. The summed E-state index contributed by atoms with van der Waals surface area (Å²) in [6.45, 7) is 1.90. The fourth-order valence-corrected chi connectivity index (χ4v) is 2.84. The average molecular weight is 389 g/mol. The van der Waals surface area contributed by atoms with Gasteiger partial charge in [-0.15, -0.1) is 0 Å². The fraction of sp³-hybridized carbons (Fsp3) is 0.167. The first-order valence-corrected chi connectivity index (χ1v) is 9.48. The summed E-state index contributed by atoms with van der Waals surface area (Å²) < 4.78 is 10.8. The highest BCUT2D eigenvalue weighted by atomic mass is 16.5. The van der Waals surface area contributed by atoms with Gasteiger partial charge >= 0.3 is 5.97 Å². The Morgan fingerprint density at radius 2 is 1.38 bits per heavy atom. The Morgan fingerprint density at radius 3 is 2.00 bits per heavy atom. The molecule has 0 radical (unpaired) electrons. The standard InChI is InChI=1S/C24H23NO4/c1-2-28-24(27)18-25(20-9-5-3-6-10-20)23(26)17-19-13-15-22(16-14-19)29-21-11-7-4-8-12-21/h3-16H,2,17-18H2,1H3. The summed E-state index contributed by atoms with van der Waals surface area (Å²) >= 11 is 0. The van der Waals surface area contributed by atoms with Crippen LogP contribution in [0.2, 0.25) is 0 Å². The number of rotatable bonds is 8. The maximum atomic E-state index is 12.9. The predicted octanol–water partition coefficient (Wildman–Crippen LogP) is 4.62. The van der Waals surface area contributed by atoms with Crippen LogP contribution < -0.4 is 9.64 Å². The van der Waals surface area contributed by atoms with E-state index in [-0.39, 0.29) is 25.5 Å². The molecule has 0 bridgehead atoms. The lowest BCUT2D eigenvalue weighted by molar-refractivity contribution is -0.142. The first-order chi connectivity index (χ1) is 14.2. The normalized spacial score (nSPS) is 10.2. The molecule has 29 heavy (non-hydrogen) atoms. The van der Waals surface area contributed by atoms with Gasteiger partial charge in [0.25, 0.3) is 0 Å². The largest absolute Gasteiger partial charge is 0.465 e. The van der Waals surface area contributed by atoms with Crippen LogP contribution >= 0.6 is 0 Å². The fourth-order valence-electron chi connectivity index (χ4n) is 2.84. The van der Waals surface area contributed by atoms with Crippen LogP contribution in [-0.2, 0) is 20.7 Å². The maximum Gasteiger partial charge on any atom is 0.326 e. The number of para-hydroxylation sites is 2. The molecule has 0 fully saturated rings. The summed E-state index contributed by atoms with van der Waals surface area (Å²) in [4.78, 5) is 26.3. The Labute approximate surface area is 170 Å². The lowest BCUT2D eigenvalue weighted by atomic mass is 10.1. The molecular weight excluding hydrogens is 366 g/mol. The van der Waals surface area contributed by atoms with Crippen molar-refractivity contribution in [1.29, 1.82) is 0 Å². The van der Waals surface area contributed by atoms with Crippen molar-refractivity contribution in [2.24, 2.45) is 0 Å². The van der Waals surface area contributed by atoms with Gasteiger partial charge < -0.3 is 14.4 Å². The van der Waals surface area contributed by atoms with Gasteiger partial charge in [0.2, 0.25) is 5.91 Å². The van der Waals surface area contributed by atoms with Crippen LogP contribution in [0.15, 0.2) is 84.9 Å². The molecule has 0 spiro atoms. The third-order valence-electron chi connectivity index (χ3n) is 4.22. The van der Waals surface area contributed by atoms with Gasteiger partial charge in [-0.05, 0) is 48.9 Å². The molecule has 3 rings (SSSR count). The number of benzene rings is 3. The van der Waals surface area contributed by atoms with Crippen molar-refractivity contribution in [1.82, 2.24) is 0 Å². The monoisotopic (exact) mass is 389 g/mol. The van der Waals surface area contributed by atoms with Crippen LogP contribution in [0, 0.1) is 0 Å². The number of anilines is 1. The van der Waals surface area contributed by atoms with E-state index >= 15 is 0 Å². The van der Waals surface area contributed by atoms with Crippen LogP contribution in [-0.4, -0.2) is 25.0 Å². The highest BCUT2D eigenvalue weighted by Crippen LogP contribution is 2.22. The van der Waals surface area contributed by atoms with Gasteiger partial charge in [0.1, 0.15) is 18.0 Å². The van der Waals surface area contributed by atoms with E-state index < -0.39 is 5.97 Å². The van der Waals surface area contributed by atoms with Crippen molar-refractivity contribution >= 4 is 17.6 Å². The van der Waals surface area contributed by atoms with Crippen LogP contribution in [0.5, 0.6) is 11.5 Å². The van der Waals surface area contributed by atoms with Crippen LogP contribution in [0.4, 0.5) is 5.69 Å². The van der Waals surface area contributed by atoms with Crippen molar-refractivity contribution in [2.75, 3.05) is 18.1 Å². The van der Waals surface area contributed by atoms with Crippen LogP contribution in [0.3, 0.4) is 0 Å². The molecule has 3 aromatic rings. The molecular formula is C24H23NO4. The molecule has 3 aromatic carbocycles. The topological polar surface area (TPSA) is 55.8 Å². The highest BCUT2D eigenvalue weighted by molar-refractivity contribution is 5.98. The van der Waals surface area contributed by atoms with Crippen molar-refractivity contribution in [2.45, 2.75) is 13.3 Å². The van der Waals surface area contributed by atoms with Crippen molar-refractivity contribution < 1.29 is 19.1 Å². The zero-order valence-electron chi connectivity index (χ0n) is 16.3. The number of amides is 1. The molecule has 1 amide bonds. The number of hydrogen-bond acceptors (Lipinski definition) is 4. The lowest BCUT2D eigenvalue weighted by Crippen LogP contribution is -2.37. The van der Waals surface area contributed by atoms with E-state index in [1.807, 2.05) is 72.8 Å². The molecule has 0 aromatic heterocycles. The second kappa shape index (κ2) is 10.1. The quantitative estimate of drug-likeness (QED) is 0.528. The van der Waals surface area contributed by atoms with Crippen molar-refractivity contribution in [3.8, 4) is 11.5 Å². The minimum absolute atomic E-state index is 0.119. The Morgan fingerprint density at radius 1 is 0.793 bits per heavy atom. The number of ether oxygens (including phenoxy) is 2. The molecule has 0 unspecified atom stereocenters. The summed E-state index contributed by atoms with van der Waals surface area (Å²) in [7, 11) is 0. The van der Waals surface area contributed by atoms with Crippen LogP contribution in [0.1, 0.15) is 12.5 Å². The zero-order chi connectivity index (χ0) is 20.5. The van der Waals surface area contributed by atoms with Crippen molar-refractivity contribution in [3.05, 3.63) is 90.5 Å². The Hall–Kier alpha value is -3.60. The number of hydrogen-bond donors (Lipinski definition) is 0. The average Bonchev–Trinajstić information content (AvgIpc) is 2.75. The smallest absolute Gasteiger partial charge is 0.326 e. The van der Waals surface area contributed by atoms with E-state index in [1.54, 1.807) is 19.1 Å². The molecule has 0 N–H and O–H groups in total. The number of esters is 1. The van der Waals surface area contributed by atoms with E-state index in [9.17, 15) is 9.59 Å². The first-order valence-electron chi connectivity index (χ1n) is 9.48. The van der Waals surface area contributed by atoms with Gasteiger partial charge in [0.05, 0.1) is 13.0 Å². The Balaban J connectivity index is 1.69. The van der Waals surface area contributed by atoms with Gasteiger partial charge in [0, 0.05) is 5.69 Å². The third kappa shape index (κ3) is 5.94. The molecule has 0 saturated heterocycles. The predicted molar refractivity (Wildman–Crippen MR) is 112 cm³/mol. The minimum atomic E-state index is -0.434. The molecule has 0 saturated carbocycles. The van der Waals surface area contributed by atoms with E-state index in [0.717, 1.165) is 11.3 Å². The molecule has 0 aliphatic rings. The first kappa shape index (κ1) is 20.1. The SMILES string of the molecule is CCOC(=O)CN(C(=O)Cc1ccc(Oc2ccccc2)cc1)c1ccccc1. The second-order valence-electron chi connectivity index (χ2n) is 6.36. The maximum absolute atomic E-state index is 12.9. The van der Waals surface area contributed by atoms with Crippen molar-refractivity contribution in [3.63, 3.8) is 0 Å². The lowest BCUT2D eigenvalue weighted by Gasteiger charge is -2.22. The van der Waals surface area contributed by atoms with Gasteiger partial charge in [-0.1, -0.05) is 48.5 Å². The molecule has 0 heterocycles. The van der Waals surface area contributed by atoms with Gasteiger partial charge in [-0.3, -0.25) is 9.59 Å². The summed E-state index contributed by atoms with van der Waals surface area (Å²) in [5.74, 6) is 0.831. The number of carbonyl (C=O) groups is 2. The van der Waals surface area contributed by atoms with E-state index in [1.165, 1.54) is 4.90 Å². The van der Waals surface area contributed by atoms with E-state index in [4.69, 9.17) is 9.47 Å². The summed E-state index contributed by atoms with van der Waals surface area (Å²) in [6, 6.07) is 26.0. The Bertz CT molecular complexity index is 924. The summed E-state index contributed by atoms with van der Waals surface area (Å²) in [5, 5.41) is 0. The molecule has 0 aliphatic carbocycles. The minimum Gasteiger partial charge on any atom is -0.465 e.